The minimum Gasteiger partial charge on any atom is -0.497 e. The lowest BCUT2D eigenvalue weighted by Crippen LogP contribution is -2.19. The van der Waals surface area contributed by atoms with Gasteiger partial charge in [0.05, 0.1) is 19.1 Å². The molecule has 0 spiro atoms. The first-order valence-corrected chi connectivity index (χ1v) is 4.99. The number of hydrogen-bond donors (Lipinski definition) is 1. The van der Waals surface area contributed by atoms with Crippen LogP contribution in [-0.4, -0.2) is 13.7 Å². The maximum absolute atomic E-state index is 8.60. The predicted octanol–water partition coefficient (Wildman–Crippen LogP) is 1.94. The lowest BCUT2D eigenvalue weighted by Gasteiger charge is -2.07. The largest absolute Gasteiger partial charge is 0.497 e. The first-order valence-electron chi connectivity index (χ1n) is 4.99. The second kappa shape index (κ2) is 6.05. The van der Waals surface area contributed by atoms with Crippen molar-refractivity contribution in [1.29, 1.82) is 5.26 Å². The van der Waals surface area contributed by atoms with Crippen molar-refractivity contribution < 1.29 is 4.74 Å². The van der Waals surface area contributed by atoms with Crippen LogP contribution in [-0.2, 0) is 6.54 Å². The molecule has 1 aromatic rings. The topological polar surface area (TPSA) is 45.0 Å². The zero-order valence-electron chi connectivity index (χ0n) is 9.16. The van der Waals surface area contributed by atoms with Gasteiger partial charge in [0.15, 0.2) is 0 Å². The van der Waals surface area contributed by atoms with Crippen LogP contribution in [0.15, 0.2) is 24.3 Å². The zero-order chi connectivity index (χ0) is 11.1. The molecule has 1 aromatic carbocycles. The van der Waals surface area contributed by atoms with E-state index in [1.165, 1.54) is 5.56 Å². The molecule has 15 heavy (non-hydrogen) atoms. The SMILES string of the molecule is COc1cccc(CNCC(C)C#N)c1. The van der Waals surface area contributed by atoms with Gasteiger partial charge in [-0.1, -0.05) is 12.1 Å². The molecule has 1 unspecified atom stereocenters. The van der Waals surface area contributed by atoms with Crippen LogP contribution in [0.25, 0.3) is 0 Å². The standard InChI is InChI=1S/C12H16N2O/c1-10(7-13)8-14-9-11-4-3-5-12(6-11)15-2/h3-6,10,14H,8-9H2,1-2H3. The van der Waals surface area contributed by atoms with E-state index in [9.17, 15) is 0 Å². The highest BCUT2D eigenvalue weighted by atomic mass is 16.5. The molecule has 0 amide bonds. The van der Waals surface area contributed by atoms with Gasteiger partial charge >= 0.3 is 0 Å². The molecule has 0 radical (unpaired) electrons. The van der Waals surface area contributed by atoms with E-state index < -0.39 is 0 Å². The van der Waals surface area contributed by atoms with Crippen LogP contribution >= 0.6 is 0 Å². The van der Waals surface area contributed by atoms with Crippen molar-refractivity contribution in [2.45, 2.75) is 13.5 Å². The minimum absolute atomic E-state index is 0.0515. The van der Waals surface area contributed by atoms with Crippen molar-refractivity contribution in [3.05, 3.63) is 29.8 Å². The first-order chi connectivity index (χ1) is 7.26. The summed E-state index contributed by atoms with van der Waals surface area (Å²) in [4.78, 5) is 0. The van der Waals surface area contributed by atoms with E-state index >= 15 is 0 Å². The summed E-state index contributed by atoms with van der Waals surface area (Å²) in [5.74, 6) is 0.915. The van der Waals surface area contributed by atoms with E-state index in [2.05, 4.69) is 11.4 Å². The van der Waals surface area contributed by atoms with E-state index in [0.717, 1.165) is 12.3 Å². The average molecular weight is 204 g/mol. The maximum Gasteiger partial charge on any atom is 0.119 e. The van der Waals surface area contributed by atoms with Gasteiger partial charge in [-0.3, -0.25) is 0 Å². The quantitative estimate of drug-likeness (QED) is 0.797. The lowest BCUT2D eigenvalue weighted by atomic mass is 10.2. The molecule has 0 saturated heterocycles. The fourth-order valence-corrected chi connectivity index (χ4v) is 1.26. The molecule has 80 valence electrons. The Morgan fingerprint density at radius 2 is 2.33 bits per heavy atom. The summed E-state index contributed by atoms with van der Waals surface area (Å²) in [6, 6.07) is 10.1. The molecule has 1 N–H and O–H groups in total. The number of rotatable bonds is 5. The molecule has 1 rings (SSSR count). The van der Waals surface area contributed by atoms with Gasteiger partial charge in [-0.2, -0.15) is 5.26 Å². The summed E-state index contributed by atoms with van der Waals surface area (Å²) in [6.07, 6.45) is 0. The van der Waals surface area contributed by atoms with Crippen LogP contribution in [0.5, 0.6) is 5.75 Å². The first kappa shape index (κ1) is 11.5. The van der Waals surface area contributed by atoms with Gasteiger partial charge in [0.25, 0.3) is 0 Å². The number of nitriles is 1. The number of methoxy groups -OCH3 is 1. The molecule has 0 aliphatic rings. The van der Waals surface area contributed by atoms with Crippen molar-refractivity contribution in [2.75, 3.05) is 13.7 Å². The van der Waals surface area contributed by atoms with E-state index in [1.54, 1.807) is 7.11 Å². The Balaban J connectivity index is 2.41. The number of hydrogen-bond acceptors (Lipinski definition) is 3. The third-order valence-corrected chi connectivity index (χ3v) is 2.13. The summed E-state index contributed by atoms with van der Waals surface area (Å²) in [5.41, 5.74) is 1.17. The van der Waals surface area contributed by atoms with Crippen molar-refractivity contribution in [3.63, 3.8) is 0 Å². The van der Waals surface area contributed by atoms with Crippen LogP contribution in [0.2, 0.25) is 0 Å². The van der Waals surface area contributed by atoms with Gasteiger partial charge in [0, 0.05) is 13.1 Å². The monoisotopic (exact) mass is 204 g/mol. The van der Waals surface area contributed by atoms with Crippen molar-refractivity contribution in [3.8, 4) is 11.8 Å². The van der Waals surface area contributed by atoms with Gasteiger partial charge < -0.3 is 10.1 Å². The predicted molar refractivity (Wildman–Crippen MR) is 59.5 cm³/mol. The fourth-order valence-electron chi connectivity index (χ4n) is 1.26. The second-order valence-corrected chi connectivity index (χ2v) is 3.51. The highest BCUT2D eigenvalue weighted by Gasteiger charge is 1.99. The molecule has 3 heteroatoms. The number of benzene rings is 1. The van der Waals surface area contributed by atoms with Gasteiger partial charge in [-0.15, -0.1) is 0 Å². The zero-order valence-corrected chi connectivity index (χ0v) is 9.16. The summed E-state index contributed by atoms with van der Waals surface area (Å²) in [6.45, 7) is 3.38. The van der Waals surface area contributed by atoms with Gasteiger partial charge in [0.2, 0.25) is 0 Å². The molecule has 0 aromatic heterocycles. The Bertz CT molecular complexity index is 344. The third-order valence-electron chi connectivity index (χ3n) is 2.13. The van der Waals surface area contributed by atoms with Crippen LogP contribution in [0.1, 0.15) is 12.5 Å². The number of nitrogens with one attached hydrogen (secondary N) is 1. The van der Waals surface area contributed by atoms with Crippen molar-refractivity contribution in [2.24, 2.45) is 5.92 Å². The molecule has 0 aliphatic carbocycles. The fraction of sp³-hybridized carbons (Fsp3) is 0.417. The van der Waals surface area contributed by atoms with E-state index in [1.807, 2.05) is 31.2 Å². The summed E-state index contributed by atoms with van der Waals surface area (Å²) in [7, 11) is 1.66. The van der Waals surface area contributed by atoms with Crippen molar-refractivity contribution >= 4 is 0 Å². The smallest absolute Gasteiger partial charge is 0.119 e. The molecule has 1 atom stereocenters. The Kier molecular flexibility index (Phi) is 4.65. The number of nitrogens with zero attached hydrogens (tertiary/aromatic N) is 1. The van der Waals surface area contributed by atoms with Crippen LogP contribution in [0.4, 0.5) is 0 Å². The third kappa shape index (κ3) is 4.01. The Labute approximate surface area is 90.7 Å². The highest BCUT2D eigenvalue weighted by Crippen LogP contribution is 2.12. The van der Waals surface area contributed by atoms with Crippen molar-refractivity contribution in [1.82, 2.24) is 5.32 Å². The Hall–Kier alpha value is -1.53. The lowest BCUT2D eigenvalue weighted by molar-refractivity contribution is 0.414. The minimum atomic E-state index is 0.0515. The van der Waals surface area contributed by atoms with E-state index in [4.69, 9.17) is 10.00 Å². The summed E-state index contributed by atoms with van der Waals surface area (Å²) in [5, 5.41) is 11.8. The van der Waals surface area contributed by atoms with Gasteiger partial charge in [0.1, 0.15) is 5.75 Å². The molecule has 0 fully saturated rings. The summed E-state index contributed by atoms with van der Waals surface area (Å²) >= 11 is 0. The summed E-state index contributed by atoms with van der Waals surface area (Å²) < 4.78 is 5.12. The average Bonchev–Trinajstić information content (AvgIpc) is 2.29. The molecule has 0 aliphatic heterocycles. The Morgan fingerprint density at radius 3 is 3.00 bits per heavy atom. The molecule has 3 nitrogen and oxygen atoms in total. The maximum atomic E-state index is 8.60. The molecular formula is C12H16N2O. The Morgan fingerprint density at radius 1 is 1.53 bits per heavy atom. The highest BCUT2D eigenvalue weighted by molar-refractivity contribution is 5.28. The number of ether oxygens (including phenoxy) is 1. The molecule has 0 saturated carbocycles. The van der Waals surface area contributed by atoms with E-state index in [0.29, 0.717) is 6.54 Å². The van der Waals surface area contributed by atoms with Crippen LogP contribution in [0.3, 0.4) is 0 Å². The second-order valence-electron chi connectivity index (χ2n) is 3.51. The molecule has 0 bridgehead atoms. The normalized spacial score (nSPS) is 11.8. The molecular weight excluding hydrogens is 188 g/mol. The van der Waals surface area contributed by atoms with Crippen LogP contribution < -0.4 is 10.1 Å². The van der Waals surface area contributed by atoms with Crippen LogP contribution in [0, 0.1) is 17.2 Å². The van der Waals surface area contributed by atoms with Gasteiger partial charge in [-0.05, 0) is 24.6 Å². The molecule has 0 heterocycles. The van der Waals surface area contributed by atoms with Gasteiger partial charge in [-0.25, -0.2) is 0 Å². The van der Waals surface area contributed by atoms with E-state index in [-0.39, 0.29) is 5.92 Å².